The van der Waals surface area contributed by atoms with E-state index in [0.717, 1.165) is 32.7 Å². The van der Waals surface area contributed by atoms with E-state index in [9.17, 15) is 0 Å². The SMILES string of the molecule is C=CCN(CCO)CCNCC. The molecule has 0 aliphatic rings. The van der Waals surface area contributed by atoms with E-state index in [1.54, 1.807) is 0 Å². The van der Waals surface area contributed by atoms with Gasteiger partial charge in [-0.05, 0) is 6.54 Å². The number of rotatable bonds is 8. The average Bonchev–Trinajstić information content (AvgIpc) is 2.06. The summed E-state index contributed by atoms with van der Waals surface area (Å²) in [4.78, 5) is 2.16. The lowest BCUT2D eigenvalue weighted by Crippen LogP contribution is -2.34. The van der Waals surface area contributed by atoms with Crippen molar-refractivity contribution in [2.24, 2.45) is 0 Å². The van der Waals surface area contributed by atoms with Crippen LogP contribution in [-0.4, -0.2) is 49.3 Å². The quantitative estimate of drug-likeness (QED) is 0.402. The number of hydrogen-bond donors (Lipinski definition) is 2. The molecule has 0 aliphatic heterocycles. The van der Waals surface area contributed by atoms with Crippen LogP contribution in [0.5, 0.6) is 0 Å². The molecule has 0 radical (unpaired) electrons. The van der Waals surface area contributed by atoms with Crippen molar-refractivity contribution in [2.45, 2.75) is 6.92 Å². The molecule has 0 aromatic heterocycles. The third kappa shape index (κ3) is 6.34. The molecule has 0 saturated heterocycles. The highest BCUT2D eigenvalue weighted by molar-refractivity contribution is 4.73. The van der Waals surface area contributed by atoms with Crippen LogP contribution in [-0.2, 0) is 0 Å². The third-order valence-electron chi connectivity index (χ3n) is 1.66. The van der Waals surface area contributed by atoms with Gasteiger partial charge >= 0.3 is 0 Å². The van der Waals surface area contributed by atoms with Crippen molar-refractivity contribution in [3.8, 4) is 0 Å². The van der Waals surface area contributed by atoms with E-state index in [4.69, 9.17) is 5.11 Å². The summed E-state index contributed by atoms with van der Waals surface area (Å²) >= 11 is 0. The van der Waals surface area contributed by atoms with Gasteiger partial charge in [-0.1, -0.05) is 13.0 Å². The average molecular weight is 172 g/mol. The molecule has 0 bridgehead atoms. The lowest BCUT2D eigenvalue weighted by molar-refractivity contribution is 0.209. The Hall–Kier alpha value is -0.380. The number of aliphatic hydroxyl groups excluding tert-OH is 1. The second-order valence-corrected chi connectivity index (χ2v) is 2.67. The van der Waals surface area contributed by atoms with Crippen LogP contribution in [0.4, 0.5) is 0 Å². The molecule has 12 heavy (non-hydrogen) atoms. The fraction of sp³-hybridized carbons (Fsp3) is 0.778. The largest absolute Gasteiger partial charge is 0.395 e. The fourth-order valence-corrected chi connectivity index (χ4v) is 1.03. The zero-order chi connectivity index (χ0) is 9.23. The summed E-state index contributed by atoms with van der Waals surface area (Å²) in [7, 11) is 0. The molecule has 0 aliphatic carbocycles. The van der Waals surface area contributed by atoms with Crippen LogP contribution in [0.2, 0.25) is 0 Å². The first-order valence-corrected chi connectivity index (χ1v) is 4.50. The number of likely N-dealkylation sites (N-methyl/N-ethyl adjacent to an activating group) is 1. The Morgan fingerprint density at radius 3 is 2.75 bits per heavy atom. The zero-order valence-electron chi connectivity index (χ0n) is 7.92. The van der Waals surface area contributed by atoms with Crippen LogP contribution < -0.4 is 5.32 Å². The minimum atomic E-state index is 0.222. The van der Waals surface area contributed by atoms with Crippen LogP contribution in [0.15, 0.2) is 12.7 Å². The predicted molar refractivity (Wildman–Crippen MR) is 52.3 cm³/mol. The molecule has 0 aromatic carbocycles. The Balaban J connectivity index is 3.40. The standard InChI is InChI=1S/C9H20N2O/c1-3-6-11(8-9-12)7-5-10-4-2/h3,10,12H,1,4-9H2,2H3. The summed E-state index contributed by atoms with van der Waals surface area (Å²) < 4.78 is 0. The summed E-state index contributed by atoms with van der Waals surface area (Å²) in [6.07, 6.45) is 1.86. The van der Waals surface area contributed by atoms with Crippen molar-refractivity contribution in [3.05, 3.63) is 12.7 Å². The lowest BCUT2D eigenvalue weighted by Gasteiger charge is -2.19. The fourth-order valence-electron chi connectivity index (χ4n) is 1.03. The van der Waals surface area contributed by atoms with Crippen LogP contribution in [0.25, 0.3) is 0 Å². The summed E-state index contributed by atoms with van der Waals surface area (Å²) in [5.41, 5.74) is 0. The van der Waals surface area contributed by atoms with E-state index < -0.39 is 0 Å². The predicted octanol–water partition coefficient (Wildman–Crippen LogP) is 0.0762. The molecule has 0 spiro atoms. The Labute approximate surface area is 75.1 Å². The smallest absolute Gasteiger partial charge is 0.0558 e. The first-order valence-electron chi connectivity index (χ1n) is 4.50. The maximum Gasteiger partial charge on any atom is 0.0558 e. The van der Waals surface area contributed by atoms with Crippen molar-refractivity contribution in [2.75, 3.05) is 39.3 Å². The van der Waals surface area contributed by atoms with Gasteiger partial charge in [-0.15, -0.1) is 6.58 Å². The normalized spacial score (nSPS) is 10.6. The van der Waals surface area contributed by atoms with Crippen molar-refractivity contribution in [3.63, 3.8) is 0 Å². The molecule has 0 aromatic rings. The third-order valence-corrected chi connectivity index (χ3v) is 1.66. The molecular weight excluding hydrogens is 152 g/mol. The summed E-state index contributed by atoms with van der Waals surface area (Å²) in [6.45, 7) is 10.5. The first kappa shape index (κ1) is 11.6. The van der Waals surface area contributed by atoms with Gasteiger partial charge < -0.3 is 10.4 Å². The van der Waals surface area contributed by atoms with Crippen LogP contribution in [0.3, 0.4) is 0 Å². The van der Waals surface area contributed by atoms with Crippen molar-refractivity contribution in [1.82, 2.24) is 10.2 Å². The van der Waals surface area contributed by atoms with Crippen LogP contribution >= 0.6 is 0 Å². The van der Waals surface area contributed by atoms with Gasteiger partial charge in [0.15, 0.2) is 0 Å². The van der Waals surface area contributed by atoms with Gasteiger partial charge in [-0.2, -0.15) is 0 Å². The van der Waals surface area contributed by atoms with Gasteiger partial charge in [0.05, 0.1) is 6.61 Å². The minimum absolute atomic E-state index is 0.222. The molecule has 0 unspecified atom stereocenters. The minimum Gasteiger partial charge on any atom is -0.395 e. The van der Waals surface area contributed by atoms with Crippen molar-refractivity contribution >= 4 is 0 Å². The monoisotopic (exact) mass is 172 g/mol. The number of nitrogens with one attached hydrogen (secondary N) is 1. The van der Waals surface area contributed by atoms with Gasteiger partial charge in [0.2, 0.25) is 0 Å². The molecule has 0 atom stereocenters. The molecular formula is C9H20N2O. The van der Waals surface area contributed by atoms with Crippen molar-refractivity contribution < 1.29 is 5.11 Å². The molecule has 0 amide bonds. The first-order chi connectivity index (χ1) is 5.85. The van der Waals surface area contributed by atoms with E-state index in [1.165, 1.54) is 0 Å². The Morgan fingerprint density at radius 2 is 2.25 bits per heavy atom. The van der Waals surface area contributed by atoms with Crippen LogP contribution in [0, 0.1) is 0 Å². The van der Waals surface area contributed by atoms with Gasteiger partial charge in [0.1, 0.15) is 0 Å². The summed E-state index contributed by atoms with van der Waals surface area (Å²) in [6, 6.07) is 0. The van der Waals surface area contributed by atoms with E-state index >= 15 is 0 Å². The second-order valence-electron chi connectivity index (χ2n) is 2.67. The van der Waals surface area contributed by atoms with Gasteiger partial charge in [0.25, 0.3) is 0 Å². The molecule has 72 valence electrons. The molecule has 0 rings (SSSR count). The topological polar surface area (TPSA) is 35.5 Å². The molecule has 0 fully saturated rings. The van der Waals surface area contributed by atoms with E-state index in [1.807, 2.05) is 6.08 Å². The maximum absolute atomic E-state index is 8.72. The highest BCUT2D eigenvalue weighted by Crippen LogP contribution is 1.86. The Bertz CT molecular complexity index is 107. The Kier molecular flexibility index (Phi) is 8.44. The number of aliphatic hydroxyl groups is 1. The number of nitrogens with zero attached hydrogens (tertiary/aromatic N) is 1. The highest BCUT2D eigenvalue weighted by Gasteiger charge is 1.99. The molecule has 3 nitrogen and oxygen atoms in total. The van der Waals surface area contributed by atoms with Gasteiger partial charge in [-0.3, -0.25) is 4.90 Å². The van der Waals surface area contributed by atoms with Crippen molar-refractivity contribution in [1.29, 1.82) is 0 Å². The zero-order valence-corrected chi connectivity index (χ0v) is 7.92. The van der Waals surface area contributed by atoms with Crippen LogP contribution in [0.1, 0.15) is 6.92 Å². The van der Waals surface area contributed by atoms with E-state index in [2.05, 4.69) is 23.7 Å². The molecule has 3 heteroatoms. The maximum atomic E-state index is 8.72. The van der Waals surface area contributed by atoms with E-state index in [0.29, 0.717) is 0 Å². The van der Waals surface area contributed by atoms with Gasteiger partial charge in [-0.25, -0.2) is 0 Å². The molecule has 0 heterocycles. The van der Waals surface area contributed by atoms with E-state index in [-0.39, 0.29) is 6.61 Å². The number of hydrogen-bond acceptors (Lipinski definition) is 3. The summed E-state index contributed by atoms with van der Waals surface area (Å²) in [5.74, 6) is 0. The second kappa shape index (κ2) is 8.71. The van der Waals surface area contributed by atoms with Gasteiger partial charge in [0, 0.05) is 26.2 Å². The Morgan fingerprint density at radius 1 is 1.50 bits per heavy atom. The molecule has 2 N–H and O–H groups in total. The summed E-state index contributed by atoms with van der Waals surface area (Å²) in [5, 5.41) is 12.0. The highest BCUT2D eigenvalue weighted by atomic mass is 16.3. The molecule has 0 saturated carbocycles. The lowest BCUT2D eigenvalue weighted by atomic mass is 10.4.